The molecule has 3 heteroatoms. The van der Waals surface area contributed by atoms with Crippen molar-refractivity contribution in [3.8, 4) is 0 Å². The van der Waals surface area contributed by atoms with Crippen LogP contribution >= 0.6 is 0 Å². The summed E-state index contributed by atoms with van der Waals surface area (Å²) in [6, 6.07) is 0. The Morgan fingerprint density at radius 1 is 1.50 bits per heavy atom. The maximum Gasteiger partial charge on any atom is 0.133 e. The second-order valence-electron chi connectivity index (χ2n) is 2.79. The third-order valence-corrected chi connectivity index (χ3v) is 2.02. The Hall–Kier alpha value is -0.440. The normalized spacial score (nSPS) is 23.0. The van der Waals surface area contributed by atoms with E-state index in [1.165, 1.54) is 0 Å². The molecule has 0 N–H and O–H groups in total. The zero-order valence-corrected chi connectivity index (χ0v) is 6.14. The fourth-order valence-electron chi connectivity index (χ4n) is 1.25. The molecule has 1 rings (SSSR count). The number of Topliss-reactive ketones (excluding diaryl/α,β-unsaturated/α-hetero) is 1. The maximum absolute atomic E-state index is 12.3. The molecule has 0 aromatic carbocycles. The third kappa shape index (κ3) is 1.77. The van der Waals surface area contributed by atoms with E-state index >= 15 is 0 Å². The van der Waals surface area contributed by atoms with Crippen LogP contribution in [0.1, 0.15) is 19.8 Å². The van der Waals surface area contributed by atoms with Crippen molar-refractivity contribution in [1.29, 1.82) is 0 Å². The average Bonchev–Trinajstić information content (AvgIpc) is 1.88. The first-order chi connectivity index (χ1) is 4.70. The maximum atomic E-state index is 12.3. The Morgan fingerprint density at radius 3 is 2.40 bits per heavy atom. The van der Waals surface area contributed by atoms with Gasteiger partial charge in [0.2, 0.25) is 0 Å². The molecular weight excluding hydrogens is 133 g/mol. The van der Waals surface area contributed by atoms with Gasteiger partial charge in [-0.05, 0) is 19.8 Å². The second-order valence-corrected chi connectivity index (χ2v) is 2.79. The van der Waals surface area contributed by atoms with Crippen molar-refractivity contribution in [2.45, 2.75) is 19.8 Å². The van der Waals surface area contributed by atoms with Crippen LogP contribution in [-0.2, 0) is 4.79 Å². The first-order valence-corrected chi connectivity index (χ1v) is 3.61. The van der Waals surface area contributed by atoms with E-state index in [-0.39, 0.29) is 11.7 Å². The Kier molecular flexibility index (Phi) is 2.38. The molecule has 0 saturated carbocycles. The molecule has 1 saturated heterocycles. The van der Waals surface area contributed by atoms with Crippen LogP contribution in [0, 0.1) is 5.92 Å². The standard InChI is InChI=1S/C7H12FNO/c1-6(10)7-2-4-9(8)5-3-7/h7H,2-5H2,1H3. The molecule has 0 amide bonds. The van der Waals surface area contributed by atoms with Gasteiger partial charge in [-0.3, -0.25) is 4.79 Å². The van der Waals surface area contributed by atoms with Gasteiger partial charge in [-0.2, -0.15) is 0 Å². The van der Waals surface area contributed by atoms with Crippen molar-refractivity contribution in [2.24, 2.45) is 5.92 Å². The third-order valence-electron chi connectivity index (χ3n) is 2.02. The van der Waals surface area contributed by atoms with Crippen LogP contribution in [0.15, 0.2) is 0 Å². The highest BCUT2D eigenvalue weighted by Gasteiger charge is 2.21. The Labute approximate surface area is 59.9 Å². The van der Waals surface area contributed by atoms with Crippen molar-refractivity contribution in [3.05, 3.63) is 0 Å². The lowest BCUT2D eigenvalue weighted by molar-refractivity contribution is -0.123. The highest BCUT2D eigenvalue weighted by atomic mass is 19.2. The molecule has 2 nitrogen and oxygen atoms in total. The number of hydrogen-bond donors (Lipinski definition) is 0. The molecule has 58 valence electrons. The lowest BCUT2D eigenvalue weighted by Crippen LogP contribution is -2.30. The summed E-state index contributed by atoms with van der Waals surface area (Å²) < 4.78 is 12.3. The van der Waals surface area contributed by atoms with Crippen molar-refractivity contribution in [3.63, 3.8) is 0 Å². The van der Waals surface area contributed by atoms with Crippen LogP contribution in [0.2, 0.25) is 0 Å². The lowest BCUT2D eigenvalue weighted by atomic mass is 9.94. The minimum Gasteiger partial charge on any atom is -0.300 e. The molecule has 0 atom stereocenters. The number of halogens is 1. The highest BCUT2D eigenvalue weighted by Crippen LogP contribution is 2.17. The van der Waals surface area contributed by atoms with Gasteiger partial charge in [-0.15, -0.1) is 9.60 Å². The summed E-state index contributed by atoms with van der Waals surface area (Å²) in [6.45, 7) is 2.42. The van der Waals surface area contributed by atoms with E-state index in [1.807, 2.05) is 0 Å². The predicted molar refractivity (Wildman–Crippen MR) is 36.1 cm³/mol. The molecule has 0 bridgehead atoms. The molecule has 0 radical (unpaired) electrons. The average molecular weight is 145 g/mol. The molecule has 1 heterocycles. The van der Waals surface area contributed by atoms with E-state index in [9.17, 15) is 9.28 Å². The molecule has 1 aliphatic heterocycles. The molecular formula is C7H12FNO. The Balaban J connectivity index is 2.33. The first kappa shape index (κ1) is 7.66. The summed E-state index contributed by atoms with van der Waals surface area (Å²) >= 11 is 0. The molecule has 0 aromatic rings. The van der Waals surface area contributed by atoms with Crippen LogP contribution in [0.5, 0.6) is 0 Å². The molecule has 1 aliphatic rings. The van der Waals surface area contributed by atoms with Crippen molar-refractivity contribution in [2.75, 3.05) is 13.1 Å². The van der Waals surface area contributed by atoms with Gasteiger partial charge in [0, 0.05) is 19.0 Å². The van der Waals surface area contributed by atoms with E-state index < -0.39 is 0 Å². The lowest BCUT2D eigenvalue weighted by Gasteiger charge is -2.23. The van der Waals surface area contributed by atoms with Gasteiger partial charge in [-0.25, -0.2) is 0 Å². The Morgan fingerprint density at radius 2 is 2.00 bits per heavy atom. The number of carbonyl (C=O) groups excluding carboxylic acids is 1. The summed E-state index contributed by atoms with van der Waals surface area (Å²) in [4.78, 5) is 10.8. The number of rotatable bonds is 1. The zero-order valence-electron chi connectivity index (χ0n) is 6.14. The fraction of sp³-hybridized carbons (Fsp3) is 0.857. The Bertz CT molecular complexity index is 130. The molecule has 10 heavy (non-hydrogen) atoms. The smallest absolute Gasteiger partial charge is 0.133 e. The van der Waals surface area contributed by atoms with Crippen LogP contribution in [0.25, 0.3) is 0 Å². The van der Waals surface area contributed by atoms with Gasteiger partial charge < -0.3 is 0 Å². The topological polar surface area (TPSA) is 20.3 Å². The number of hydrogen-bond acceptors (Lipinski definition) is 2. The van der Waals surface area contributed by atoms with E-state index in [0.717, 1.165) is 5.12 Å². The molecule has 0 aliphatic carbocycles. The molecule has 0 unspecified atom stereocenters. The quantitative estimate of drug-likeness (QED) is 0.516. The summed E-state index contributed by atoms with van der Waals surface area (Å²) in [5.41, 5.74) is 0. The van der Waals surface area contributed by atoms with Crippen LogP contribution in [-0.4, -0.2) is 24.0 Å². The SMILES string of the molecule is CC(=O)C1CCN(F)CC1. The second kappa shape index (κ2) is 3.10. The summed E-state index contributed by atoms with van der Waals surface area (Å²) in [5, 5.41) is 0.777. The van der Waals surface area contributed by atoms with E-state index in [0.29, 0.717) is 25.9 Å². The summed E-state index contributed by atoms with van der Waals surface area (Å²) in [5.74, 6) is 0.320. The van der Waals surface area contributed by atoms with Gasteiger partial charge in [0.1, 0.15) is 5.78 Å². The molecule has 1 fully saturated rings. The summed E-state index contributed by atoms with van der Waals surface area (Å²) in [7, 11) is 0. The predicted octanol–water partition coefficient (Wildman–Crippen LogP) is 1.17. The minimum atomic E-state index is 0.118. The fourth-order valence-corrected chi connectivity index (χ4v) is 1.25. The van der Waals surface area contributed by atoms with Crippen molar-refractivity contribution in [1.82, 2.24) is 5.12 Å². The van der Waals surface area contributed by atoms with Gasteiger partial charge in [0.05, 0.1) is 0 Å². The van der Waals surface area contributed by atoms with Gasteiger partial charge >= 0.3 is 0 Å². The monoisotopic (exact) mass is 145 g/mol. The summed E-state index contributed by atoms with van der Waals surface area (Å²) in [6.07, 6.45) is 1.37. The van der Waals surface area contributed by atoms with Crippen LogP contribution in [0.4, 0.5) is 4.48 Å². The number of piperidine rings is 1. The number of nitrogens with zero attached hydrogens (tertiary/aromatic N) is 1. The minimum absolute atomic E-state index is 0.118. The van der Waals surface area contributed by atoms with Gasteiger partial charge in [-0.1, -0.05) is 0 Å². The van der Waals surface area contributed by atoms with Gasteiger partial charge in [0.15, 0.2) is 0 Å². The number of carbonyl (C=O) groups is 1. The van der Waals surface area contributed by atoms with Gasteiger partial charge in [0.25, 0.3) is 0 Å². The largest absolute Gasteiger partial charge is 0.300 e. The van der Waals surface area contributed by atoms with E-state index in [4.69, 9.17) is 0 Å². The van der Waals surface area contributed by atoms with Crippen molar-refractivity contribution < 1.29 is 9.28 Å². The van der Waals surface area contributed by atoms with E-state index in [2.05, 4.69) is 0 Å². The first-order valence-electron chi connectivity index (χ1n) is 3.61. The van der Waals surface area contributed by atoms with Crippen molar-refractivity contribution >= 4 is 5.78 Å². The zero-order chi connectivity index (χ0) is 7.56. The van der Waals surface area contributed by atoms with Crippen LogP contribution < -0.4 is 0 Å². The highest BCUT2D eigenvalue weighted by molar-refractivity contribution is 5.78. The molecule has 0 aromatic heterocycles. The molecule has 0 spiro atoms. The van der Waals surface area contributed by atoms with E-state index in [1.54, 1.807) is 6.92 Å². The van der Waals surface area contributed by atoms with Crippen LogP contribution in [0.3, 0.4) is 0 Å². The number of ketones is 1.